The van der Waals surface area contributed by atoms with Crippen molar-refractivity contribution in [1.29, 1.82) is 5.26 Å². The number of fused-ring (bicyclic) bond motifs is 1. The Bertz CT molecular complexity index is 1640. The van der Waals surface area contributed by atoms with Gasteiger partial charge in [0.05, 0.1) is 11.6 Å². The van der Waals surface area contributed by atoms with Crippen molar-refractivity contribution in [2.45, 2.75) is 25.4 Å². The average molecular weight is 614 g/mol. The molecule has 2 heterocycles. The molecule has 0 atom stereocenters. The fourth-order valence-corrected chi connectivity index (χ4v) is 6.19. The number of hydrogen-bond donors (Lipinski definition) is 1. The third kappa shape index (κ3) is 6.89. The molecule has 6 rings (SSSR count). The second-order valence-electron chi connectivity index (χ2n) is 10.7. The van der Waals surface area contributed by atoms with Crippen LogP contribution in [0.25, 0.3) is 11.1 Å². The summed E-state index contributed by atoms with van der Waals surface area (Å²) >= 11 is 12.4. The second-order valence-corrected chi connectivity index (χ2v) is 11.6. The van der Waals surface area contributed by atoms with E-state index in [1.807, 2.05) is 53.4 Å². The Morgan fingerprint density at radius 1 is 0.884 bits per heavy atom. The van der Waals surface area contributed by atoms with Gasteiger partial charge in [-0.25, -0.2) is 4.79 Å². The van der Waals surface area contributed by atoms with Crippen LogP contribution in [0.4, 0.5) is 16.2 Å². The van der Waals surface area contributed by atoms with E-state index in [1.165, 1.54) is 5.56 Å². The lowest BCUT2D eigenvalue weighted by molar-refractivity contribution is 0.170. The lowest BCUT2D eigenvalue weighted by Gasteiger charge is -2.38. The Kier molecular flexibility index (Phi) is 8.71. The van der Waals surface area contributed by atoms with Crippen LogP contribution in [-0.2, 0) is 6.54 Å². The maximum atomic E-state index is 13.8. The molecule has 43 heavy (non-hydrogen) atoms. The number of urea groups is 1. The summed E-state index contributed by atoms with van der Waals surface area (Å²) in [7, 11) is 0. The molecule has 4 aromatic rings. The van der Waals surface area contributed by atoms with Crippen LogP contribution in [0.3, 0.4) is 0 Å². The van der Waals surface area contributed by atoms with Crippen LogP contribution in [0.1, 0.15) is 24.0 Å². The highest BCUT2D eigenvalue weighted by molar-refractivity contribution is 6.35. The van der Waals surface area contributed by atoms with Crippen molar-refractivity contribution in [3.8, 4) is 28.7 Å². The fourth-order valence-electron chi connectivity index (χ4n) is 5.67. The van der Waals surface area contributed by atoms with Gasteiger partial charge in [0.1, 0.15) is 13.2 Å². The first-order valence-electron chi connectivity index (χ1n) is 14.2. The van der Waals surface area contributed by atoms with Crippen molar-refractivity contribution in [3.05, 3.63) is 106 Å². The SMILES string of the molecule is N#Cc1cccc(-c2ccc(N(C(=O)Nc3cc(Cl)cc(Cl)c3)C3CCN(Cc4ccc5c(c4)OCCO5)CC3)cc2)c1. The Balaban J connectivity index is 1.20. The van der Waals surface area contributed by atoms with Crippen molar-refractivity contribution in [1.82, 2.24) is 4.90 Å². The Morgan fingerprint density at radius 3 is 2.33 bits per heavy atom. The lowest BCUT2D eigenvalue weighted by Crippen LogP contribution is -2.49. The molecule has 0 radical (unpaired) electrons. The molecule has 0 aliphatic carbocycles. The minimum Gasteiger partial charge on any atom is -0.486 e. The molecule has 0 spiro atoms. The normalized spacial score (nSPS) is 15.0. The lowest BCUT2D eigenvalue weighted by atomic mass is 10.00. The summed E-state index contributed by atoms with van der Waals surface area (Å²) in [5.41, 5.74) is 5.02. The molecular formula is C34H30Cl2N4O3. The minimum atomic E-state index is -0.247. The molecule has 7 nitrogen and oxygen atoms in total. The first-order valence-corrected chi connectivity index (χ1v) is 15.0. The Hall–Kier alpha value is -4.22. The monoisotopic (exact) mass is 612 g/mol. The van der Waals surface area contributed by atoms with Gasteiger partial charge in [-0.3, -0.25) is 9.80 Å². The summed E-state index contributed by atoms with van der Waals surface area (Å²) in [6.45, 7) is 3.61. The summed E-state index contributed by atoms with van der Waals surface area (Å²) in [6, 6.07) is 28.4. The first kappa shape index (κ1) is 28.9. The van der Waals surface area contributed by atoms with Gasteiger partial charge in [-0.05, 0) is 84.1 Å². The van der Waals surface area contributed by atoms with E-state index in [0.717, 1.165) is 60.8 Å². The van der Waals surface area contributed by atoms with E-state index in [-0.39, 0.29) is 12.1 Å². The van der Waals surface area contributed by atoms with E-state index in [1.54, 1.807) is 24.3 Å². The topological polar surface area (TPSA) is 77.8 Å². The molecule has 2 amide bonds. The van der Waals surface area contributed by atoms with Crippen LogP contribution in [0, 0.1) is 11.3 Å². The van der Waals surface area contributed by atoms with Crippen molar-refractivity contribution in [2.24, 2.45) is 0 Å². The molecule has 0 saturated carbocycles. The highest BCUT2D eigenvalue weighted by Gasteiger charge is 2.30. The van der Waals surface area contributed by atoms with Gasteiger partial charge in [-0.2, -0.15) is 5.26 Å². The molecule has 2 aliphatic heterocycles. The van der Waals surface area contributed by atoms with Crippen LogP contribution in [0.2, 0.25) is 10.0 Å². The number of hydrogen-bond acceptors (Lipinski definition) is 5. The second kappa shape index (κ2) is 13.0. The van der Waals surface area contributed by atoms with Gasteiger partial charge in [0.2, 0.25) is 0 Å². The maximum Gasteiger partial charge on any atom is 0.326 e. The number of piperidine rings is 1. The number of rotatable bonds is 6. The number of amides is 2. The van der Waals surface area contributed by atoms with E-state index in [0.29, 0.717) is 34.5 Å². The van der Waals surface area contributed by atoms with Gasteiger partial charge >= 0.3 is 6.03 Å². The number of anilines is 2. The van der Waals surface area contributed by atoms with E-state index in [9.17, 15) is 10.1 Å². The van der Waals surface area contributed by atoms with E-state index < -0.39 is 0 Å². The van der Waals surface area contributed by atoms with Gasteiger partial charge in [0.15, 0.2) is 11.5 Å². The summed E-state index contributed by atoms with van der Waals surface area (Å²) in [5.74, 6) is 1.59. The van der Waals surface area contributed by atoms with Crippen molar-refractivity contribution < 1.29 is 14.3 Å². The van der Waals surface area contributed by atoms with Gasteiger partial charge in [-0.15, -0.1) is 0 Å². The predicted octanol–water partition coefficient (Wildman–Crippen LogP) is 8.01. The van der Waals surface area contributed by atoms with Crippen LogP contribution in [-0.4, -0.2) is 43.3 Å². The number of carbonyl (C=O) groups is 1. The zero-order valence-corrected chi connectivity index (χ0v) is 24.9. The number of carbonyl (C=O) groups excluding carboxylic acids is 1. The highest BCUT2D eigenvalue weighted by atomic mass is 35.5. The summed E-state index contributed by atoms with van der Waals surface area (Å²) in [5, 5.41) is 13.2. The number of likely N-dealkylation sites (tertiary alicyclic amines) is 1. The largest absolute Gasteiger partial charge is 0.486 e. The summed E-state index contributed by atoms with van der Waals surface area (Å²) < 4.78 is 11.4. The van der Waals surface area contributed by atoms with Gasteiger partial charge in [0.25, 0.3) is 0 Å². The van der Waals surface area contributed by atoms with Crippen molar-refractivity contribution in [2.75, 3.05) is 36.5 Å². The van der Waals surface area contributed by atoms with Crippen LogP contribution >= 0.6 is 23.2 Å². The highest BCUT2D eigenvalue weighted by Crippen LogP contribution is 2.33. The predicted molar refractivity (Wildman–Crippen MR) is 170 cm³/mol. The molecule has 9 heteroatoms. The van der Waals surface area contributed by atoms with Crippen LogP contribution in [0.5, 0.6) is 11.5 Å². The quantitative estimate of drug-likeness (QED) is 0.239. The number of nitrogens with one attached hydrogen (secondary N) is 1. The van der Waals surface area contributed by atoms with Gasteiger partial charge in [-0.1, -0.05) is 53.5 Å². The molecule has 1 saturated heterocycles. The van der Waals surface area contributed by atoms with E-state index in [4.69, 9.17) is 32.7 Å². The molecule has 0 unspecified atom stereocenters. The Morgan fingerprint density at radius 2 is 1.60 bits per heavy atom. The van der Waals surface area contributed by atoms with Crippen molar-refractivity contribution >= 4 is 40.6 Å². The summed E-state index contributed by atoms with van der Waals surface area (Å²) in [4.78, 5) is 18.1. The van der Waals surface area contributed by atoms with Crippen molar-refractivity contribution in [3.63, 3.8) is 0 Å². The third-order valence-corrected chi connectivity index (χ3v) is 8.17. The van der Waals surface area contributed by atoms with Crippen LogP contribution in [0.15, 0.2) is 84.9 Å². The third-order valence-electron chi connectivity index (χ3n) is 7.74. The van der Waals surface area contributed by atoms with Gasteiger partial charge < -0.3 is 14.8 Å². The molecule has 2 aliphatic rings. The molecule has 0 bridgehead atoms. The maximum absolute atomic E-state index is 13.8. The number of nitriles is 1. The molecule has 1 fully saturated rings. The Labute approximate surface area is 261 Å². The minimum absolute atomic E-state index is 0.0149. The first-order chi connectivity index (χ1) is 20.9. The smallest absolute Gasteiger partial charge is 0.326 e. The molecule has 0 aromatic heterocycles. The summed E-state index contributed by atoms with van der Waals surface area (Å²) in [6.07, 6.45) is 1.61. The zero-order chi connectivity index (χ0) is 29.8. The average Bonchev–Trinajstić information content (AvgIpc) is 3.02. The fraction of sp³-hybridized carbons (Fsp3) is 0.235. The standard InChI is InChI=1S/C34H30Cl2N4O3/c35-27-18-28(36)20-29(19-27)38-34(41)40(30-7-5-25(6-8-30)26-3-1-2-23(16-26)21-37)31-10-12-39(13-11-31)22-24-4-9-32-33(17-24)43-15-14-42-32/h1-9,16-20,31H,10-15,22H2,(H,38,41). The number of benzene rings is 4. The van der Waals surface area contributed by atoms with Gasteiger partial charge in [0, 0.05) is 47.1 Å². The zero-order valence-electron chi connectivity index (χ0n) is 23.4. The number of nitrogens with zero attached hydrogens (tertiary/aromatic N) is 3. The number of halogens is 2. The molecule has 1 N–H and O–H groups in total. The molecule has 218 valence electrons. The van der Waals surface area contributed by atoms with E-state index >= 15 is 0 Å². The molecule has 4 aromatic carbocycles. The molecular weight excluding hydrogens is 583 g/mol. The number of ether oxygens (including phenoxy) is 2. The van der Waals surface area contributed by atoms with E-state index in [2.05, 4.69) is 28.4 Å². The van der Waals surface area contributed by atoms with Crippen LogP contribution < -0.4 is 19.7 Å².